The maximum atomic E-state index is 12.0. The van der Waals surface area contributed by atoms with Crippen LogP contribution < -0.4 is 20.7 Å². The summed E-state index contributed by atoms with van der Waals surface area (Å²) in [5, 5.41) is 7.56. The van der Waals surface area contributed by atoms with Gasteiger partial charge < -0.3 is 15.4 Å². The quantitative estimate of drug-likeness (QED) is 0.654. The zero-order valence-electron chi connectivity index (χ0n) is 15.1. The van der Waals surface area contributed by atoms with Gasteiger partial charge in [-0.1, -0.05) is 6.92 Å². The number of rotatable bonds is 8. The molecule has 1 rings (SSSR count). The molecule has 0 saturated carbocycles. The van der Waals surface area contributed by atoms with E-state index in [4.69, 9.17) is 4.74 Å². The van der Waals surface area contributed by atoms with Gasteiger partial charge in [0.25, 0.3) is 0 Å². The summed E-state index contributed by atoms with van der Waals surface area (Å²) in [7, 11) is 1.55. The highest BCUT2D eigenvalue weighted by atomic mass is 16.5. The third-order valence-corrected chi connectivity index (χ3v) is 3.23. The van der Waals surface area contributed by atoms with Crippen molar-refractivity contribution < 1.29 is 19.1 Å². The first-order chi connectivity index (χ1) is 11.8. The average molecular weight is 350 g/mol. The molecule has 0 aliphatic heterocycles. The summed E-state index contributed by atoms with van der Waals surface area (Å²) in [5.41, 5.74) is 0.537. The Kier molecular flexibility index (Phi) is 8.42. The first-order valence-corrected chi connectivity index (χ1v) is 8.10. The number of nitrogens with zero attached hydrogens (tertiary/aromatic N) is 1. The molecule has 8 nitrogen and oxygen atoms in total. The molecule has 4 amide bonds. The molecule has 8 heteroatoms. The molecule has 0 unspecified atom stereocenters. The van der Waals surface area contributed by atoms with Gasteiger partial charge in [0.05, 0.1) is 20.2 Å². The molecule has 3 N–H and O–H groups in total. The Balaban J connectivity index is 2.44. The van der Waals surface area contributed by atoms with E-state index in [0.717, 1.165) is 0 Å². The van der Waals surface area contributed by atoms with Gasteiger partial charge in [-0.2, -0.15) is 0 Å². The van der Waals surface area contributed by atoms with Crippen LogP contribution in [0, 0.1) is 0 Å². The van der Waals surface area contributed by atoms with Crippen molar-refractivity contribution in [3.8, 4) is 5.75 Å². The zero-order valence-corrected chi connectivity index (χ0v) is 15.1. The van der Waals surface area contributed by atoms with Crippen LogP contribution in [0.4, 0.5) is 10.5 Å². The number of carbonyl (C=O) groups is 3. The van der Waals surface area contributed by atoms with Gasteiger partial charge in [0, 0.05) is 11.7 Å². The lowest BCUT2D eigenvalue weighted by molar-refractivity contribution is -0.124. The maximum Gasteiger partial charge on any atom is 0.325 e. The topological polar surface area (TPSA) is 99.8 Å². The van der Waals surface area contributed by atoms with E-state index in [9.17, 15) is 14.4 Å². The van der Waals surface area contributed by atoms with Crippen LogP contribution in [0.25, 0.3) is 0 Å². The molecule has 0 radical (unpaired) electrons. The Hall–Kier alpha value is -2.61. The average Bonchev–Trinajstić information content (AvgIpc) is 2.53. The van der Waals surface area contributed by atoms with Crippen molar-refractivity contribution >= 4 is 23.5 Å². The number of methoxy groups -OCH3 is 1. The lowest BCUT2D eigenvalue weighted by Crippen LogP contribution is -2.46. The molecule has 0 spiro atoms. The molecule has 1 aromatic carbocycles. The fourth-order valence-corrected chi connectivity index (χ4v) is 2.06. The highest BCUT2D eigenvalue weighted by Crippen LogP contribution is 2.14. The Morgan fingerprint density at radius 1 is 1.08 bits per heavy atom. The SMILES string of the molecule is CCN(CC(=O)NC(=O)Nc1ccc(OC)cc1)CC(=O)NC(C)C. The number of carbonyl (C=O) groups excluding carboxylic acids is 3. The number of hydrogen-bond acceptors (Lipinski definition) is 5. The van der Waals surface area contributed by atoms with E-state index in [2.05, 4.69) is 16.0 Å². The predicted octanol–water partition coefficient (Wildman–Crippen LogP) is 1.19. The zero-order chi connectivity index (χ0) is 18.8. The maximum absolute atomic E-state index is 12.0. The summed E-state index contributed by atoms with van der Waals surface area (Å²) >= 11 is 0. The molecule has 0 aliphatic rings. The molecule has 0 bridgehead atoms. The van der Waals surface area contributed by atoms with Crippen molar-refractivity contribution in [3.05, 3.63) is 24.3 Å². The third-order valence-electron chi connectivity index (χ3n) is 3.23. The molecule has 0 saturated heterocycles. The lowest BCUT2D eigenvalue weighted by Gasteiger charge is -2.20. The second-order valence-electron chi connectivity index (χ2n) is 5.76. The summed E-state index contributed by atoms with van der Waals surface area (Å²) < 4.78 is 5.03. The van der Waals surface area contributed by atoms with Crippen LogP contribution in [0.2, 0.25) is 0 Å². The first kappa shape index (κ1) is 20.4. The first-order valence-electron chi connectivity index (χ1n) is 8.10. The summed E-state index contributed by atoms with van der Waals surface area (Å²) in [4.78, 5) is 37.2. The molecule has 0 aromatic heterocycles. The van der Waals surface area contributed by atoms with Crippen molar-refractivity contribution in [2.75, 3.05) is 32.1 Å². The molecule has 0 atom stereocenters. The minimum absolute atomic E-state index is 0.0373. The van der Waals surface area contributed by atoms with Crippen molar-refractivity contribution in [1.29, 1.82) is 0 Å². The van der Waals surface area contributed by atoms with E-state index in [-0.39, 0.29) is 25.0 Å². The van der Waals surface area contributed by atoms with E-state index >= 15 is 0 Å². The number of imide groups is 1. The fraction of sp³-hybridized carbons (Fsp3) is 0.471. The number of hydrogen-bond donors (Lipinski definition) is 3. The van der Waals surface area contributed by atoms with Gasteiger partial charge in [-0.15, -0.1) is 0 Å². The summed E-state index contributed by atoms with van der Waals surface area (Å²) in [6, 6.07) is 6.13. The van der Waals surface area contributed by atoms with Gasteiger partial charge >= 0.3 is 6.03 Å². The van der Waals surface area contributed by atoms with Gasteiger partial charge in [-0.25, -0.2) is 4.79 Å². The highest BCUT2D eigenvalue weighted by Gasteiger charge is 2.15. The molecule has 0 heterocycles. The minimum atomic E-state index is -0.627. The Morgan fingerprint density at radius 3 is 2.20 bits per heavy atom. The second kappa shape index (κ2) is 10.3. The van der Waals surface area contributed by atoms with E-state index < -0.39 is 11.9 Å². The van der Waals surface area contributed by atoms with Crippen LogP contribution in [0.3, 0.4) is 0 Å². The van der Waals surface area contributed by atoms with Crippen molar-refractivity contribution in [1.82, 2.24) is 15.5 Å². The van der Waals surface area contributed by atoms with Gasteiger partial charge in [0.2, 0.25) is 11.8 Å². The van der Waals surface area contributed by atoms with Gasteiger partial charge in [-0.05, 0) is 44.7 Å². The van der Waals surface area contributed by atoms with Crippen LogP contribution in [0.5, 0.6) is 5.75 Å². The van der Waals surface area contributed by atoms with Crippen LogP contribution in [-0.2, 0) is 9.59 Å². The fourth-order valence-electron chi connectivity index (χ4n) is 2.06. The lowest BCUT2D eigenvalue weighted by atomic mass is 10.3. The summed E-state index contributed by atoms with van der Waals surface area (Å²) in [5.74, 6) is 0.0258. The van der Waals surface area contributed by atoms with Crippen LogP contribution in [0.1, 0.15) is 20.8 Å². The monoisotopic (exact) mass is 350 g/mol. The molecule has 25 heavy (non-hydrogen) atoms. The van der Waals surface area contributed by atoms with E-state index in [1.54, 1.807) is 36.3 Å². The third kappa shape index (κ3) is 8.16. The number of ether oxygens (including phenoxy) is 1. The number of likely N-dealkylation sites (N-methyl/N-ethyl adjacent to an activating group) is 1. The predicted molar refractivity (Wildman–Crippen MR) is 95.5 cm³/mol. The second-order valence-corrected chi connectivity index (χ2v) is 5.76. The number of anilines is 1. The van der Waals surface area contributed by atoms with Crippen molar-refractivity contribution in [2.45, 2.75) is 26.8 Å². The number of nitrogens with one attached hydrogen (secondary N) is 3. The van der Waals surface area contributed by atoms with Gasteiger partial charge in [-0.3, -0.25) is 19.8 Å². The van der Waals surface area contributed by atoms with Crippen LogP contribution >= 0.6 is 0 Å². The van der Waals surface area contributed by atoms with Crippen LogP contribution in [0.15, 0.2) is 24.3 Å². The van der Waals surface area contributed by atoms with E-state index in [1.165, 1.54) is 0 Å². The molecular formula is C17H26N4O4. The Labute approximate surface area is 147 Å². The molecule has 0 fully saturated rings. The van der Waals surface area contributed by atoms with E-state index in [1.807, 2.05) is 20.8 Å². The van der Waals surface area contributed by atoms with Gasteiger partial charge in [0.1, 0.15) is 5.75 Å². The number of benzene rings is 1. The smallest absolute Gasteiger partial charge is 0.325 e. The van der Waals surface area contributed by atoms with Crippen LogP contribution in [-0.4, -0.2) is 55.5 Å². The summed E-state index contributed by atoms with van der Waals surface area (Å²) in [6.07, 6.45) is 0. The largest absolute Gasteiger partial charge is 0.497 e. The Morgan fingerprint density at radius 2 is 1.68 bits per heavy atom. The minimum Gasteiger partial charge on any atom is -0.497 e. The highest BCUT2D eigenvalue weighted by molar-refractivity contribution is 6.01. The number of urea groups is 1. The van der Waals surface area contributed by atoms with Gasteiger partial charge in [0.15, 0.2) is 0 Å². The van der Waals surface area contributed by atoms with Crippen molar-refractivity contribution in [2.24, 2.45) is 0 Å². The molecule has 0 aliphatic carbocycles. The normalized spacial score (nSPS) is 10.5. The van der Waals surface area contributed by atoms with E-state index in [0.29, 0.717) is 18.0 Å². The number of amides is 4. The summed E-state index contributed by atoms with van der Waals surface area (Å²) in [6.45, 7) is 6.14. The Bertz CT molecular complexity index is 587. The molecular weight excluding hydrogens is 324 g/mol. The molecule has 1 aromatic rings. The standard InChI is InChI=1S/C17H26N4O4/c1-5-21(10-15(22)18-12(2)3)11-16(23)20-17(24)19-13-6-8-14(25-4)9-7-13/h6-9,12H,5,10-11H2,1-4H3,(H,18,22)(H2,19,20,23,24). The molecule has 138 valence electrons. The van der Waals surface area contributed by atoms with Crippen molar-refractivity contribution in [3.63, 3.8) is 0 Å².